The number of ketones is 1. The summed E-state index contributed by atoms with van der Waals surface area (Å²) in [4.78, 5) is 11.1. The molecule has 1 aliphatic carbocycles. The van der Waals surface area contributed by atoms with Crippen LogP contribution in [0, 0.1) is 5.92 Å². The molecule has 2 rings (SSSR count). The smallest absolute Gasteiger partial charge is 0.132 e. The van der Waals surface area contributed by atoms with Crippen LogP contribution in [0.3, 0.4) is 0 Å². The Morgan fingerprint density at radius 3 is 2.40 bits per heavy atom. The first-order valence-corrected chi connectivity index (χ1v) is 5.90. The van der Waals surface area contributed by atoms with Gasteiger partial charge in [-0.1, -0.05) is 30.3 Å². The highest BCUT2D eigenvalue weighted by Crippen LogP contribution is 2.25. The maximum Gasteiger partial charge on any atom is 0.132 e. The Hall–Kier alpha value is -1.11. The van der Waals surface area contributed by atoms with Gasteiger partial charge in [-0.05, 0) is 37.2 Å². The van der Waals surface area contributed by atoms with Gasteiger partial charge in [-0.25, -0.2) is 0 Å². The summed E-state index contributed by atoms with van der Waals surface area (Å²) in [7, 11) is 0. The molecule has 0 amide bonds. The molecule has 0 N–H and O–H groups in total. The van der Waals surface area contributed by atoms with Crippen molar-refractivity contribution < 1.29 is 4.79 Å². The average Bonchev–Trinajstić information content (AvgIpc) is 2.30. The van der Waals surface area contributed by atoms with E-state index in [1.165, 1.54) is 18.4 Å². The number of aryl methyl sites for hydroxylation is 1. The normalized spacial score (nSPS) is 18.0. The Labute approximate surface area is 91.5 Å². The van der Waals surface area contributed by atoms with Gasteiger partial charge < -0.3 is 0 Å². The van der Waals surface area contributed by atoms with Gasteiger partial charge in [0.05, 0.1) is 0 Å². The highest BCUT2D eigenvalue weighted by atomic mass is 16.1. The largest absolute Gasteiger partial charge is 0.300 e. The van der Waals surface area contributed by atoms with Gasteiger partial charge in [0.1, 0.15) is 5.78 Å². The number of hydrogen-bond acceptors (Lipinski definition) is 1. The molecule has 15 heavy (non-hydrogen) atoms. The summed E-state index contributed by atoms with van der Waals surface area (Å²) >= 11 is 0. The topological polar surface area (TPSA) is 17.1 Å². The zero-order chi connectivity index (χ0) is 10.5. The molecule has 0 saturated heterocycles. The summed E-state index contributed by atoms with van der Waals surface area (Å²) in [6.45, 7) is 0. The minimum absolute atomic E-state index is 0.464. The van der Waals surface area contributed by atoms with Gasteiger partial charge in [0, 0.05) is 12.8 Å². The molecule has 1 nitrogen and oxygen atoms in total. The van der Waals surface area contributed by atoms with Crippen LogP contribution in [0.15, 0.2) is 30.3 Å². The van der Waals surface area contributed by atoms with Crippen LogP contribution in [-0.2, 0) is 11.2 Å². The minimum Gasteiger partial charge on any atom is -0.300 e. The van der Waals surface area contributed by atoms with Crippen LogP contribution >= 0.6 is 0 Å². The fraction of sp³-hybridized carbons (Fsp3) is 0.500. The Balaban J connectivity index is 1.77. The number of Topliss-reactive ketones (excluding diaryl/α,β-unsaturated/α-hetero) is 1. The summed E-state index contributed by atoms with van der Waals surface area (Å²) in [5, 5.41) is 0. The predicted octanol–water partition coefficient (Wildman–Crippen LogP) is 3.38. The first kappa shape index (κ1) is 10.4. The van der Waals surface area contributed by atoms with Gasteiger partial charge in [-0.2, -0.15) is 0 Å². The summed E-state index contributed by atoms with van der Waals surface area (Å²) in [5.41, 5.74) is 1.43. The van der Waals surface area contributed by atoms with E-state index in [2.05, 4.69) is 30.3 Å². The molecule has 0 radical (unpaired) electrons. The molecular formula is C14H18O. The number of hydrogen-bond donors (Lipinski definition) is 0. The third-order valence-corrected chi connectivity index (χ3v) is 3.35. The molecular weight excluding hydrogens is 184 g/mol. The lowest BCUT2D eigenvalue weighted by molar-refractivity contribution is -0.121. The van der Waals surface area contributed by atoms with Crippen molar-refractivity contribution in [2.75, 3.05) is 0 Å². The Morgan fingerprint density at radius 1 is 1.07 bits per heavy atom. The van der Waals surface area contributed by atoms with Gasteiger partial charge >= 0.3 is 0 Å². The van der Waals surface area contributed by atoms with Crippen molar-refractivity contribution in [3.05, 3.63) is 35.9 Å². The van der Waals surface area contributed by atoms with Crippen molar-refractivity contribution in [1.29, 1.82) is 0 Å². The van der Waals surface area contributed by atoms with Crippen molar-refractivity contribution in [3.63, 3.8) is 0 Å². The molecule has 0 bridgehead atoms. The standard InChI is InChI=1S/C14H18O/c15-14-10-8-13(9-11-14)7-6-12-4-2-1-3-5-12/h1-5,13H,6-11H2. The van der Waals surface area contributed by atoms with Crippen LogP contribution < -0.4 is 0 Å². The van der Waals surface area contributed by atoms with Gasteiger partial charge in [0.25, 0.3) is 0 Å². The number of rotatable bonds is 3. The minimum atomic E-state index is 0.464. The van der Waals surface area contributed by atoms with Crippen LogP contribution in [-0.4, -0.2) is 5.78 Å². The van der Waals surface area contributed by atoms with Crippen LogP contribution in [0.1, 0.15) is 37.7 Å². The lowest BCUT2D eigenvalue weighted by Crippen LogP contribution is -2.14. The molecule has 80 valence electrons. The third kappa shape index (κ3) is 3.19. The van der Waals surface area contributed by atoms with E-state index in [0.717, 1.165) is 31.6 Å². The lowest BCUT2D eigenvalue weighted by Gasteiger charge is -2.20. The summed E-state index contributed by atoms with van der Waals surface area (Å²) in [5.74, 6) is 1.24. The van der Waals surface area contributed by atoms with Crippen molar-refractivity contribution in [1.82, 2.24) is 0 Å². The molecule has 1 aromatic rings. The fourth-order valence-electron chi connectivity index (χ4n) is 2.30. The molecule has 0 aliphatic heterocycles. The number of benzene rings is 1. The zero-order valence-corrected chi connectivity index (χ0v) is 9.11. The van der Waals surface area contributed by atoms with Crippen LogP contribution in [0.25, 0.3) is 0 Å². The highest BCUT2D eigenvalue weighted by Gasteiger charge is 2.17. The number of carbonyl (C=O) groups is 1. The summed E-state index contributed by atoms with van der Waals surface area (Å²) in [6.07, 6.45) is 6.28. The quantitative estimate of drug-likeness (QED) is 0.734. The molecule has 1 aliphatic rings. The van der Waals surface area contributed by atoms with E-state index in [4.69, 9.17) is 0 Å². The predicted molar refractivity (Wildman–Crippen MR) is 61.7 cm³/mol. The van der Waals surface area contributed by atoms with E-state index in [1.54, 1.807) is 0 Å². The second-order valence-corrected chi connectivity index (χ2v) is 4.51. The van der Waals surface area contributed by atoms with Gasteiger partial charge in [-0.3, -0.25) is 4.79 Å². The van der Waals surface area contributed by atoms with Crippen LogP contribution in [0.2, 0.25) is 0 Å². The first-order chi connectivity index (χ1) is 7.34. The molecule has 1 aromatic carbocycles. The summed E-state index contributed by atoms with van der Waals surface area (Å²) in [6, 6.07) is 10.6. The zero-order valence-electron chi connectivity index (χ0n) is 9.11. The van der Waals surface area contributed by atoms with Crippen molar-refractivity contribution in [2.24, 2.45) is 5.92 Å². The van der Waals surface area contributed by atoms with E-state index in [-0.39, 0.29) is 0 Å². The van der Waals surface area contributed by atoms with E-state index in [0.29, 0.717) is 5.78 Å². The highest BCUT2D eigenvalue weighted by molar-refractivity contribution is 5.78. The second kappa shape index (κ2) is 5.11. The van der Waals surface area contributed by atoms with Gasteiger partial charge in [0.15, 0.2) is 0 Å². The fourth-order valence-corrected chi connectivity index (χ4v) is 2.30. The van der Waals surface area contributed by atoms with Crippen molar-refractivity contribution in [2.45, 2.75) is 38.5 Å². The lowest BCUT2D eigenvalue weighted by atomic mass is 9.84. The van der Waals surface area contributed by atoms with E-state index >= 15 is 0 Å². The van der Waals surface area contributed by atoms with Crippen LogP contribution in [0.4, 0.5) is 0 Å². The molecule has 0 spiro atoms. The second-order valence-electron chi connectivity index (χ2n) is 4.51. The molecule has 0 atom stereocenters. The molecule has 0 aromatic heterocycles. The SMILES string of the molecule is O=C1CCC(CCc2ccccc2)CC1. The Bertz CT molecular complexity index is 305. The molecule has 1 saturated carbocycles. The maximum atomic E-state index is 11.1. The number of carbonyl (C=O) groups excluding carboxylic acids is 1. The molecule has 0 heterocycles. The average molecular weight is 202 g/mol. The third-order valence-electron chi connectivity index (χ3n) is 3.35. The molecule has 0 unspecified atom stereocenters. The van der Waals surface area contributed by atoms with E-state index in [9.17, 15) is 4.79 Å². The van der Waals surface area contributed by atoms with Gasteiger partial charge in [-0.15, -0.1) is 0 Å². The van der Waals surface area contributed by atoms with Crippen molar-refractivity contribution >= 4 is 5.78 Å². The van der Waals surface area contributed by atoms with Crippen LogP contribution in [0.5, 0.6) is 0 Å². The Morgan fingerprint density at radius 2 is 1.73 bits per heavy atom. The van der Waals surface area contributed by atoms with E-state index in [1.807, 2.05) is 0 Å². The first-order valence-electron chi connectivity index (χ1n) is 5.90. The molecule has 1 fully saturated rings. The Kier molecular flexibility index (Phi) is 3.54. The molecule has 1 heteroatoms. The van der Waals surface area contributed by atoms with Gasteiger partial charge in [0.2, 0.25) is 0 Å². The maximum absolute atomic E-state index is 11.1. The summed E-state index contributed by atoms with van der Waals surface area (Å²) < 4.78 is 0. The van der Waals surface area contributed by atoms with E-state index < -0.39 is 0 Å². The monoisotopic (exact) mass is 202 g/mol. The van der Waals surface area contributed by atoms with Crippen molar-refractivity contribution in [3.8, 4) is 0 Å².